The number of carbonyl (C=O) groups excluding carboxylic acids is 3. The van der Waals surface area contributed by atoms with Gasteiger partial charge in [-0.25, -0.2) is 9.78 Å². The van der Waals surface area contributed by atoms with E-state index in [1.165, 1.54) is 11.3 Å². The van der Waals surface area contributed by atoms with Gasteiger partial charge in [0.15, 0.2) is 0 Å². The van der Waals surface area contributed by atoms with Gasteiger partial charge in [0.25, 0.3) is 0 Å². The summed E-state index contributed by atoms with van der Waals surface area (Å²) in [7, 11) is 0. The van der Waals surface area contributed by atoms with E-state index in [1.54, 1.807) is 12.1 Å². The molecule has 0 bridgehead atoms. The number of unbranched alkanes of at least 4 members (excludes halogenated alkanes) is 4. The molecule has 16 heteroatoms. The Hall–Kier alpha value is -4.08. The molecule has 0 spiro atoms. The number of likely N-dealkylation sites (tertiary alicyclic amines) is 1. The van der Waals surface area contributed by atoms with Crippen molar-refractivity contribution in [1.29, 1.82) is 0 Å². The molecule has 59 heavy (non-hydrogen) atoms. The first-order chi connectivity index (χ1) is 28.4. The van der Waals surface area contributed by atoms with Crippen molar-refractivity contribution in [3.05, 3.63) is 23.2 Å². The van der Waals surface area contributed by atoms with Crippen molar-refractivity contribution >= 4 is 52.2 Å². The summed E-state index contributed by atoms with van der Waals surface area (Å²) < 4.78 is 24.0. The highest BCUT2D eigenvalue weighted by molar-refractivity contribution is 6.36. The minimum Gasteiger partial charge on any atom is -0.491 e. The quantitative estimate of drug-likeness (QED) is 0.114. The summed E-state index contributed by atoms with van der Waals surface area (Å²) in [6, 6.07) is 3.66. The summed E-state index contributed by atoms with van der Waals surface area (Å²) in [5.74, 6) is 1.15. The lowest BCUT2D eigenvalue weighted by atomic mass is 10.0. The number of pyridine rings is 1. The Kier molecular flexibility index (Phi) is 14.2. The SMILES string of the molecule is CC(C)Nc1cc(OC2C[C@@H](C(N)=O)N(C(=O)[C@H](CCCCCCC[C@@H]3C[C@@H]3C(=O)O)NC(=O)O[C@@H]3C[C@@H]4C[C@@H]4C3)C2)c2ccc(OCCN3CCOCC3)c(Cl)c2n1. The van der Waals surface area contributed by atoms with Crippen LogP contribution in [0.25, 0.3) is 10.9 Å². The molecule has 3 heterocycles. The van der Waals surface area contributed by atoms with E-state index in [1.807, 2.05) is 19.9 Å². The van der Waals surface area contributed by atoms with Crippen molar-refractivity contribution in [3.8, 4) is 11.5 Å². The first-order valence-electron chi connectivity index (χ1n) is 21.7. The standard InChI is InChI=1S/C43H61ClN6O9/c1-25(2)46-37-23-36(31-10-11-35(38(44)39(31)48-37)57-17-14-49-12-15-56-16-13-49)58-30-22-34(40(45)51)50(24-30)41(52)33(47-43(55)59-29-19-27-18-28(27)20-29)9-7-5-3-4-6-8-26-21-32(26)42(53)54/h10-11,23,25-30,32-34H,3-9,12-22,24H2,1-2H3,(H2,45,51)(H,46,48)(H,47,55)(H,53,54)/t26-,27-,28+,29+,30?,32+,33+,34+/m1/s1. The fraction of sp³-hybridized carbons (Fsp3) is 0.698. The largest absolute Gasteiger partial charge is 0.491 e. The lowest BCUT2D eigenvalue weighted by Crippen LogP contribution is -2.53. The number of ether oxygens (including phenoxy) is 4. The van der Waals surface area contributed by atoms with E-state index >= 15 is 0 Å². The number of hydrogen-bond donors (Lipinski definition) is 4. The summed E-state index contributed by atoms with van der Waals surface area (Å²) >= 11 is 6.95. The van der Waals surface area contributed by atoms with Crippen LogP contribution in [0, 0.1) is 23.7 Å². The van der Waals surface area contributed by atoms with Crippen LogP contribution in [0.15, 0.2) is 18.2 Å². The highest BCUT2D eigenvalue weighted by Crippen LogP contribution is 2.52. The molecular weight excluding hydrogens is 780 g/mol. The molecule has 2 aromatic rings. The number of rotatable bonds is 21. The topological polar surface area (TPSA) is 195 Å². The molecule has 8 atom stereocenters. The van der Waals surface area contributed by atoms with Crippen LogP contribution in [-0.2, 0) is 23.9 Å². The summed E-state index contributed by atoms with van der Waals surface area (Å²) in [5, 5.41) is 16.4. The molecule has 2 saturated heterocycles. The predicted octanol–water partition coefficient (Wildman–Crippen LogP) is 5.60. The number of nitrogens with zero attached hydrogens (tertiary/aromatic N) is 3. The maximum atomic E-state index is 14.4. The number of aliphatic carboxylic acids is 1. The number of morpholine rings is 1. The van der Waals surface area contributed by atoms with Crippen LogP contribution in [0.3, 0.4) is 0 Å². The molecule has 15 nitrogen and oxygen atoms in total. The second-order valence-electron chi connectivity index (χ2n) is 17.5. The number of carbonyl (C=O) groups is 4. The van der Waals surface area contributed by atoms with Crippen LogP contribution in [0.4, 0.5) is 10.6 Å². The van der Waals surface area contributed by atoms with Crippen molar-refractivity contribution in [3.63, 3.8) is 0 Å². The maximum Gasteiger partial charge on any atom is 0.408 e. The van der Waals surface area contributed by atoms with Crippen molar-refractivity contribution in [2.45, 2.75) is 121 Å². The lowest BCUT2D eigenvalue weighted by molar-refractivity contribution is -0.139. The van der Waals surface area contributed by atoms with E-state index in [0.717, 1.165) is 71.0 Å². The summed E-state index contributed by atoms with van der Waals surface area (Å²) in [6.45, 7) is 8.39. The van der Waals surface area contributed by atoms with Crippen LogP contribution in [0.1, 0.15) is 90.9 Å². The van der Waals surface area contributed by atoms with Gasteiger partial charge in [-0.1, -0.05) is 43.7 Å². The number of benzene rings is 1. The molecule has 3 aliphatic carbocycles. The normalized spacial score (nSPS) is 26.6. The van der Waals surface area contributed by atoms with E-state index < -0.39 is 42.1 Å². The molecule has 3 amide bonds. The highest BCUT2D eigenvalue weighted by atomic mass is 35.5. The Morgan fingerprint density at radius 2 is 1.73 bits per heavy atom. The Labute approximate surface area is 351 Å². The average molecular weight is 841 g/mol. The van der Waals surface area contributed by atoms with E-state index in [2.05, 4.69) is 15.5 Å². The van der Waals surface area contributed by atoms with Gasteiger partial charge in [-0.15, -0.1) is 0 Å². The zero-order chi connectivity index (χ0) is 41.6. The molecular formula is C43H61ClN6O9. The summed E-state index contributed by atoms with van der Waals surface area (Å²) in [6.07, 6.45) is 8.16. The van der Waals surface area contributed by atoms with Crippen LogP contribution in [0.2, 0.25) is 5.02 Å². The third kappa shape index (κ3) is 11.4. The lowest BCUT2D eigenvalue weighted by Gasteiger charge is -2.28. The molecule has 0 radical (unpaired) electrons. The van der Waals surface area contributed by atoms with Gasteiger partial charge >= 0.3 is 12.1 Å². The zero-order valence-corrected chi connectivity index (χ0v) is 35.1. The smallest absolute Gasteiger partial charge is 0.408 e. The average Bonchev–Trinajstić information content (AvgIpc) is 4.06. The van der Waals surface area contributed by atoms with Gasteiger partial charge < -0.3 is 45.3 Å². The molecule has 324 valence electrons. The molecule has 3 saturated carbocycles. The van der Waals surface area contributed by atoms with Gasteiger partial charge in [0, 0.05) is 43.5 Å². The Balaban J connectivity index is 1.01. The molecule has 1 unspecified atom stereocenters. The van der Waals surface area contributed by atoms with Gasteiger partial charge in [-0.3, -0.25) is 19.3 Å². The van der Waals surface area contributed by atoms with E-state index in [0.29, 0.717) is 83.7 Å². The molecule has 5 aliphatic rings. The second kappa shape index (κ2) is 19.5. The number of nitrogens with one attached hydrogen (secondary N) is 2. The first-order valence-corrected chi connectivity index (χ1v) is 22.1. The molecule has 5 fully saturated rings. The third-order valence-electron chi connectivity index (χ3n) is 12.6. The summed E-state index contributed by atoms with van der Waals surface area (Å²) in [5.41, 5.74) is 6.42. The fourth-order valence-electron chi connectivity index (χ4n) is 9.17. The van der Waals surface area contributed by atoms with Crippen LogP contribution in [-0.4, -0.2) is 120 Å². The van der Waals surface area contributed by atoms with E-state index in [-0.39, 0.29) is 31.0 Å². The molecule has 7 rings (SSSR count). The number of amides is 3. The van der Waals surface area contributed by atoms with Crippen molar-refractivity contribution in [2.75, 3.05) is 51.3 Å². The number of primary amides is 1. The van der Waals surface area contributed by atoms with Crippen LogP contribution in [0.5, 0.6) is 11.5 Å². The summed E-state index contributed by atoms with van der Waals surface area (Å²) in [4.78, 5) is 60.2. The predicted molar refractivity (Wildman–Crippen MR) is 222 cm³/mol. The van der Waals surface area contributed by atoms with Crippen LogP contribution < -0.4 is 25.8 Å². The molecule has 2 aliphatic heterocycles. The Morgan fingerprint density at radius 3 is 2.44 bits per heavy atom. The number of halogens is 1. The molecule has 5 N–H and O–H groups in total. The fourth-order valence-corrected chi connectivity index (χ4v) is 9.43. The molecule has 1 aromatic heterocycles. The second-order valence-corrected chi connectivity index (χ2v) is 17.9. The number of anilines is 1. The number of aromatic nitrogens is 1. The Morgan fingerprint density at radius 1 is 0.983 bits per heavy atom. The maximum absolute atomic E-state index is 14.4. The van der Waals surface area contributed by atoms with Gasteiger partial charge in [-0.2, -0.15) is 0 Å². The van der Waals surface area contributed by atoms with E-state index in [4.69, 9.17) is 41.3 Å². The monoisotopic (exact) mass is 840 g/mol. The Bertz CT molecular complexity index is 1820. The third-order valence-corrected chi connectivity index (χ3v) is 13.0. The number of alkyl carbamates (subject to hydrolysis) is 1. The first kappa shape index (κ1) is 43.0. The van der Waals surface area contributed by atoms with Crippen LogP contribution >= 0.6 is 11.6 Å². The van der Waals surface area contributed by atoms with Crippen molar-refractivity contribution < 1.29 is 43.2 Å². The highest BCUT2D eigenvalue weighted by Gasteiger charge is 2.48. The van der Waals surface area contributed by atoms with Gasteiger partial charge in [0.1, 0.15) is 53.2 Å². The minimum absolute atomic E-state index is 0.0585. The number of hydrogen-bond acceptors (Lipinski definition) is 11. The number of nitrogens with two attached hydrogens (primary N) is 1. The van der Waals surface area contributed by atoms with Gasteiger partial charge in [0.2, 0.25) is 11.8 Å². The minimum atomic E-state index is -0.941. The number of carboxylic acid groups (broad SMARTS) is 1. The van der Waals surface area contributed by atoms with Crippen molar-refractivity contribution in [1.82, 2.24) is 20.1 Å². The van der Waals surface area contributed by atoms with Gasteiger partial charge in [0.05, 0.1) is 31.2 Å². The van der Waals surface area contributed by atoms with E-state index in [9.17, 15) is 24.3 Å². The van der Waals surface area contributed by atoms with Crippen molar-refractivity contribution in [2.24, 2.45) is 29.4 Å². The number of carboxylic acids is 1. The number of fused-ring (bicyclic) bond motifs is 2. The zero-order valence-electron chi connectivity index (χ0n) is 34.4. The van der Waals surface area contributed by atoms with Gasteiger partial charge in [-0.05, 0) is 82.3 Å². The molecule has 1 aromatic carbocycles.